The Kier molecular flexibility index (Phi) is 8.90. The molecule has 1 aliphatic heterocycles. The van der Waals surface area contributed by atoms with E-state index < -0.39 is 0 Å². The van der Waals surface area contributed by atoms with Crippen LogP contribution in [0.2, 0.25) is 0 Å². The predicted molar refractivity (Wildman–Crippen MR) is 126 cm³/mol. The van der Waals surface area contributed by atoms with Crippen LogP contribution in [-0.4, -0.2) is 80.4 Å². The van der Waals surface area contributed by atoms with Gasteiger partial charge in [0.15, 0.2) is 11.5 Å². The number of rotatable bonds is 10. The molecule has 7 heteroatoms. The van der Waals surface area contributed by atoms with Crippen LogP contribution in [0.3, 0.4) is 0 Å². The first-order valence-electron chi connectivity index (χ1n) is 11.2. The van der Waals surface area contributed by atoms with Gasteiger partial charge in [0.1, 0.15) is 0 Å². The van der Waals surface area contributed by atoms with Crippen LogP contribution >= 0.6 is 0 Å². The van der Waals surface area contributed by atoms with Crippen molar-refractivity contribution in [1.29, 1.82) is 0 Å². The highest BCUT2D eigenvalue weighted by atomic mass is 16.5. The zero-order valence-corrected chi connectivity index (χ0v) is 19.3. The summed E-state index contributed by atoms with van der Waals surface area (Å²) in [5, 5.41) is 12.9. The quantitative estimate of drug-likeness (QED) is 0.590. The van der Waals surface area contributed by atoms with Crippen LogP contribution in [0.1, 0.15) is 11.1 Å². The second-order valence-corrected chi connectivity index (χ2v) is 8.40. The third-order valence-electron chi connectivity index (χ3n) is 5.90. The minimum absolute atomic E-state index is 0.0128. The standard InChI is InChI=1S/C25H35N3O4/c1-19-7-6-8-20(2)25(19)26-24(30)16-28-13-11-27(12-14-28)15-21(17-29)18-32-23-10-5-4-9-22(23)31-3/h4-10,21,29H,11-18H2,1-3H3,(H,26,30). The first kappa shape index (κ1) is 24.0. The number of aliphatic hydroxyl groups is 1. The van der Waals surface area contributed by atoms with E-state index in [9.17, 15) is 9.90 Å². The molecule has 2 aromatic carbocycles. The molecule has 0 spiro atoms. The van der Waals surface area contributed by atoms with Crippen molar-refractivity contribution in [2.75, 3.05) is 64.9 Å². The van der Waals surface area contributed by atoms with Gasteiger partial charge in [0.25, 0.3) is 0 Å². The van der Waals surface area contributed by atoms with E-state index in [1.165, 1.54) is 0 Å². The van der Waals surface area contributed by atoms with Crippen molar-refractivity contribution in [3.05, 3.63) is 53.6 Å². The largest absolute Gasteiger partial charge is 0.493 e. The lowest BCUT2D eigenvalue weighted by molar-refractivity contribution is -0.117. The lowest BCUT2D eigenvalue weighted by Crippen LogP contribution is -2.50. The van der Waals surface area contributed by atoms with Gasteiger partial charge in [0.2, 0.25) is 5.91 Å². The Hall–Kier alpha value is -2.61. The van der Waals surface area contributed by atoms with Gasteiger partial charge < -0.3 is 24.8 Å². The minimum atomic E-state index is 0.0128. The number of hydrogen-bond acceptors (Lipinski definition) is 6. The number of ether oxygens (including phenoxy) is 2. The third-order valence-corrected chi connectivity index (χ3v) is 5.90. The number of nitrogens with zero attached hydrogens (tertiary/aromatic N) is 2. The number of amides is 1. The van der Waals surface area contributed by atoms with Crippen LogP contribution in [0.25, 0.3) is 0 Å². The maximum atomic E-state index is 12.5. The number of carbonyl (C=O) groups excluding carboxylic acids is 1. The number of nitrogens with one attached hydrogen (secondary N) is 1. The molecule has 7 nitrogen and oxygen atoms in total. The van der Waals surface area contributed by atoms with E-state index in [1.807, 2.05) is 56.3 Å². The molecule has 1 heterocycles. The van der Waals surface area contributed by atoms with Gasteiger partial charge >= 0.3 is 0 Å². The fourth-order valence-corrected chi connectivity index (χ4v) is 4.00. The van der Waals surface area contributed by atoms with Gasteiger partial charge in [0.05, 0.1) is 26.9 Å². The number of piperazine rings is 1. The smallest absolute Gasteiger partial charge is 0.238 e. The Morgan fingerprint density at radius 1 is 1.00 bits per heavy atom. The van der Waals surface area contributed by atoms with E-state index in [4.69, 9.17) is 9.47 Å². The Balaban J connectivity index is 1.42. The molecule has 0 saturated carbocycles. The molecular weight excluding hydrogens is 406 g/mol. The minimum Gasteiger partial charge on any atom is -0.493 e. The van der Waals surface area contributed by atoms with Gasteiger partial charge in [-0.25, -0.2) is 0 Å². The second kappa shape index (κ2) is 11.9. The molecule has 0 bridgehead atoms. The first-order valence-corrected chi connectivity index (χ1v) is 11.2. The topological polar surface area (TPSA) is 74.3 Å². The summed E-state index contributed by atoms with van der Waals surface area (Å²) in [7, 11) is 1.62. The average molecular weight is 442 g/mol. The van der Waals surface area contributed by atoms with E-state index in [0.29, 0.717) is 24.7 Å². The van der Waals surface area contributed by atoms with Crippen LogP contribution in [0.15, 0.2) is 42.5 Å². The number of carbonyl (C=O) groups is 1. The lowest BCUT2D eigenvalue weighted by Gasteiger charge is -2.35. The Morgan fingerprint density at radius 3 is 2.25 bits per heavy atom. The number of aryl methyl sites for hydroxylation is 2. The number of benzene rings is 2. The van der Waals surface area contributed by atoms with Gasteiger partial charge in [-0.1, -0.05) is 30.3 Å². The van der Waals surface area contributed by atoms with E-state index in [2.05, 4.69) is 15.1 Å². The molecule has 0 aromatic heterocycles. The summed E-state index contributed by atoms with van der Waals surface area (Å²) in [6.07, 6.45) is 0. The summed E-state index contributed by atoms with van der Waals surface area (Å²) in [6.45, 7) is 9.03. The normalized spacial score (nSPS) is 15.9. The van der Waals surface area contributed by atoms with Gasteiger partial charge in [-0.05, 0) is 37.1 Å². The molecule has 32 heavy (non-hydrogen) atoms. The average Bonchev–Trinajstić information content (AvgIpc) is 2.80. The number of anilines is 1. The van der Waals surface area contributed by atoms with Gasteiger partial charge in [-0.3, -0.25) is 9.69 Å². The van der Waals surface area contributed by atoms with E-state index in [0.717, 1.165) is 49.5 Å². The van der Waals surface area contributed by atoms with Crippen molar-refractivity contribution in [2.24, 2.45) is 5.92 Å². The third kappa shape index (κ3) is 6.69. The first-order chi connectivity index (χ1) is 15.5. The Bertz CT molecular complexity index is 861. The summed E-state index contributed by atoms with van der Waals surface area (Å²) in [5.41, 5.74) is 3.07. The SMILES string of the molecule is COc1ccccc1OCC(CO)CN1CCN(CC(=O)Nc2c(C)cccc2C)CC1. The van der Waals surface area contributed by atoms with Crippen molar-refractivity contribution in [1.82, 2.24) is 9.80 Å². The van der Waals surface area contributed by atoms with Crippen LogP contribution < -0.4 is 14.8 Å². The Labute approximate surface area is 190 Å². The number of para-hydroxylation sites is 3. The van der Waals surface area contributed by atoms with Gasteiger partial charge in [-0.2, -0.15) is 0 Å². The molecule has 1 fully saturated rings. The van der Waals surface area contributed by atoms with E-state index in [-0.39, 0.29) is 18.4 Å². The molecule has 0 radical (unpaired) electrons. The molecule has 1 amide bonds. The van der Waals surface area contributed by atoms with Crippen molar-refractivity contribution in [2.45, 2.75) is 13.8 Å². The number of hydrogen-bond donors (Lipinski definition) is 2. The highest BCUT2D eigenvalue weighted by molar-refractivity contribution is 5.93. The van der Waals surface area contributed by atoms with Crippen molar-refractivity contribution >= 4 is 11.6 Å². The molecule has 2 aromatic rings. The molecule has 174 valence electrons. The molecular formula is C25H35N3O4. The monoisotopic (exact) mass is 441 g/mol. The van der Waals surface area contributed by atoms with E-state index in [1.54, 1.807) is 7.11 Å². The molecule has 1 saturated heterocycles. The highest BCUT2D eigenvalue weighted by Gasteiger charge is 2.22. The molecule has 1 atom stereocenters. The number of aliphatic hydroxyl groups excluding tert-OH is 1. The Morgan fingerprint density at radius 2 is 1.62 bits per heavy atom. The maximum Gasteiger partial charge on any atom is 0.238 e. The lowest BCUT2D eigenvalue weighted by atomic mass is 10.1. The predicted octanol–water partition coefficient (Wildman–Crippen LogP) is 2.56. The highest BCUT2D eigenvalue weighted by Crippen LogP contribution is 2.26. The van der Waals surface area contributed by atoms with Gasteiger partial charge in [0, 0.05) is 44.3 Å². The van der Waals surface area contributed by atoms with Crippen molar-refractivity contribution < 1.29 is 19.4 Å². The molecule has 0 aliphatic carbocycles. The van der Waals surface area contributed by atoms with Gasteiger partial charge in [-0.15, -0.1) is 0 Å². The summed E-state index contributed by atoms with van der Waals surface area (Å²) < 4.78 is 11.2. The summed E-state index contributed by atoms with van der Waals surface area (Å²) in [6, 6.07) is 13.6. The van der Waals surface area contributed by atoms with Crippen LogP contribution in [-0.2, 0) is 4.79 Å². The fraction of sp³-hybridized carbons (Fsp3) is 0.480. The maximum absolute atomic E-state index is 12.5. The summed E-state index contributed by atoms with van der Waals surface area (Å²) in [5.74, 6) is 1.42. The van der Waals surface area contributed by atoms with Crippen molar-refractivity contribution in [3.8, 4) is 11.5 Å². The molecule has 2 N–H and O–H groups in total. The summed E-state index contributed by atoms with van der Waals surface area (Å²) >= 11 is 0. The summed E-state index contributed by atoms with van der Waals surface area (Å²) in [4.78, 5) is 17.0. The zero-order chi connectivity index (χ0) is 22.9. The van der Waals surface area contributed by atoms with E-state index >= 15 is 0 Å². The number of methoxy groups -OCH3 is 1. The molecule has 3 rings (SSSR count). The zero-order valence-electron chi connectivity index (χ0n) is 19.3. The van der Waals surface area contributed by atoms with Crippen LogP contribution in [0, 0.1) is 19.8 Å². The molecule has 1 unspecified atom stereocenters. The van der Waals surface area contributed by atoms with Crippen LogP contribution in [0.4, 0.5) is 5.69 Å². The fourth-order valence-electron chi connectivity index (χ4n) is 4.00. The van der Waals surface area contributed by atoms with Crippen molar-refractivity contribution in [3.63, 3.8) is 0 Å². The molecule has 1 aliphatic rings. The van der Waals surface area contributed by atoms with Crippen LogP contribution in [0.5, 0.6) is 11.5 Å². The second-order valence-electron chi connectivity index (χ2n) is 8.40.